The Labute approximate surface area is 165 Å². The molecule has 3 aliphatic rings. The van der Waals surface area contributed by atoms with Gasteiger partial charge in [0.25, 0.3) is 0 Å². The van der Waals surface area contributed by atoms with E-state index in [-0.39, 0.29) is 0 Å². The van der Waals surface area contributed by atoms with E-state index in [4.69, 9.17) is 0 Å². The van der Waals surface area contributed by atoms with E-state index in [1.165, 1.54) is 68.3 Å². The van der Waals surface area contributed by atoms with E-state index in [1.807, 2.05) is 0 Å². The van der Waals surface area contributed by atoms with Gasteiger partial charge in [0.15, 0.2) is 0 Å². The van der Waals surface area contributed by atoms with Gasteiger partial charge in [0.05, 0.1) is 0 Å². The van der Waals surface area contributed by atoms with Crippen LogP contribution in [0.2, 0.25) is 0 Å². The van der Waals surface area contributed by atoms with Crippen molar-refractivity contribution < 1.29 is 4.79 Å². The van der Waals surface area contributed by atoms with Crippen LogP contribution in [-0.2, 0) is 11.2 Å². The Hall–Kier alpha value is -1.35. The minimum Gasteiger partial charge on any atom is -0.370 e. The zero-order chi connectivity index (χ0) is 18.8. The quantitative estimate of drug-likeness (QED) is 0.724. The summed E-state index contributed by atoms with van der Waals surface area (Å²) in [6.45, 7) is 8.16. The Balaban J connectivity index is 1.35. The maximum atomic E-state index is 12.5. The number of hydrogen-bond donors (Lipinski definition) is 0. The van der Waals surface area contributed by atoms with Crippen molar-refractivity contribution >= 4 is 11.5 Å². The molecule has 1 aliphatic carbocycles. The number of aryl methyl sites for hydroxylation is 1. The van der Waals surface area contributed by atoms with Crippen LogP contribution in [0.4, 0.5) is 5.69 Å². The van der Waals surface area contributed by atoms with Crippen LogP contribution < -0.4 is 4.90 Å². The van der Waals surface area contributed by atoms with E-state index in [0.29, 0.717) is 18.1 Å². The third-order valence-electron chi connectivity index (χ3n) is 7.31. The molecule has 3 fully saturated rings. The van der Waals surface area contributed by atoms with Crippen molar-refractivity contribution in [3.05, 3.63) is 29.3 Å². The number of likely N-dealkylation sites (tertiary alicyclic amines) is 1. The Morgan fingerprint density at radius 2 is 1.89 bits per heavy atom. The standard InChI is InChI=1S/C24H36N2O/c1-18-14-22(25-13-11-23(17-25)26-12-5-6-19(26)2)10-9-21(18)16-24(27)15-20-7-3-4-8-20/h9-10,14,19-20,23H,3-8,11-13,15-17H2,1-2H3/t19-,23-/m0/s1. The zero-order valence-corrected chi connectivity index (χ0v) is 17.3. The van der Waals surface area contributed by atoms with E-state index in [0.717, 1.165) is 31.6 Å². The molecule has 0 amide bonds. The summed E-state index contributed by atoms with van der Waals surface area (Å²) in [5.41, 5.74) is 3.85. The molecule has 2 aliphatic heterocycles. The van der Waals surface area contributed by atoms with Gasteiger partial charge < -0.3 is 4.90 Å². The SMILES string of the molecule is Cc1cc(N2CC[C@H](N3CCC[C@@H]3C)C2)ccc1CC(=O)CC1CCCC1. The largest absolute Gasteiger partial charge is 0.370 e. The van der Waals surface area contributed by atoms with Gasteiger partial charge in [-0.2, -0.15) is 0 Å². The fourth-order valence-electron chi connectivity index (χ4n) is 5.64. The van der Waals surface area contributed by atoms with Crippen LogP contribution in [-0.4, -0.2) is 42.4 Å². The molecule has 0 aromatic heterocycles. The lowest BCUT2D eigenvalue weighted by molar-refractivity contribution is -0.119. The average molecular weight is 369 g/mol. The lowest BCUT2D eigenvalue weighted by Gasteiger charge is -2.28. The molecule has 148 valence electrons. The second kappa shape index (κ2) is 8.34. The van der Waals surface area contributed by atoms with Gasteiger partial charge in [-0.1, -0.05) is 31.7 Å². The molecule has 2 heterocycles. The lowest BCUT2D eigenvalue weighted by atomic mass is 9.95. The summed E-state index contributed by atoms with van der Waals surface area (Å²) in [7, 11) is 0. The zero-order valence-electron chi connectivity index (χ0n) is 17.3. The molecule has 1 saturated carbocycles. The summed E-state index contributed by atoms with van der Waals surface area (Å²) in [5.74, 6) is 1.09. The Morgan fingerprint density at radius 3 is 2.59 bits per heavy atom. The van der Waals surface area contributed by atoms with Crippen LogP contribution in [0.5, 0.6) is 0 Å². The van der Waals surface area contributed by atoms with Crippen LogP contribution in [0.25, 0.3) is 0 Å². The molecule has 1 aromatic rings. The van der Waals surface area contributed by atoms with Crippen molar-refractivity contribution in [2.45, 2.75) is 83.7 Å². The van der Waals surface area contributed by atoms with Gasteiger partial charge in [0, 0.05) is 43.7 Å². The molecule has 0 N–H and O–H groups in total. The van der Waals surface area contributed by atoms with Gasteiger partial charge in [0.2, 0.25) is 0 Å². The first-order valence-corrected chi connectivity index (χ1v) is 11.2. The van der Waals surface area contributed by atoms with Crippen LogP contribution in [0, 0.1) is 12.8 Å². The molecule has 4 rings (SSSR count). The minimum atomic E-state index is 0.432. The molecule has 27 heavy (non-hydrogen) atoms. The number of hydrogen-bond acceptors (Lipinski definition) is 3. The Bertz CT molecular complexity index is 664. The summed E-state index contributed by atoms with van der Waals surface area (Å²) in [6.07, 6.45) is 10.6. The van der Waals surface area contributed by atoms with E-state index in [9.17, 15) is 4.79 Å². The first-order valence-electron chi connectivity index (χ1n) is 11.2. The molecule has 3 heteroatoms. The highest BCUT2D eigenvalue weighted by molar-refractivity contribution is 5.81. The summed E-state index contributed by atoms with van der Waals surface area (Å²) in [6, 6.07) is 8.25. The highest BCUT2D eigenvalue weighted by atomic mass is 16.1. The Morgan fingerprint density at radius 1 is 1.07 bits per heavy atom. The van der Waals surface area contributed by atoms with Gasteiger partial charge in [-0.25, -0.2) is 0 Å². The molecule has 3 nitrogen and oxygen atoms in total. The molecule has 0 unspecified atom stereocenters. The van der Waals surface area contributed by atoms with Crippen molar-refractivity contribution in [2.75, 3.05) is 24.5 Å². The highest BCUT2D eigenvalue weighted by Gasteiger charge is 2.33. The first kappa shape index (κ1) is 19.0. The number of nitrogens with zero attached hydrogens (tertiary/aromatic N) is 2. The fraction of sp³-hybridized carbons (Fsp3) is 0.708. The van der Waals surface area contributed by atoms with Crippen molar-refractivity contribution in [3.8, 4) is 0 Å². The minimum absolute atomic E-state index is 0.432. The van der Waals surface area contributed by atoms with Crippen molar-refractivity contribution in [1.29, 1.82) is 0 Å². The highest BCUT2D eigenvalue weighted by Crippen LogP contribution is 2.30. The lowest BCUT2D eigenvalue weighted by Crippen LogP contribution is -2.39. The maximum Gasteiger partial charge on any atom is 0.137 e. The number of benzene rings is 1. The summed E-state index contributed by atoms with van der Waals surface area (Å²) in [4.78, 5) is 17.7. The normalized spacial score (nSPS) is 27.0. The number of rotatable bonds is 6. The third kappa shape index (κ3) is 4.39. The number of anilines is 1. The second-order valence-electron chi connectivity index (χ2n) is 9.30. The number of carbonyl (C=O) groups is 1. The van der Waals surface area contributed by atoms with Gasteiger partial charge in [0.1, 0.15) is 5.78 Å². The van der Waals surface area contributed by atoms with Crippen LogP contribution in [0.15, 0.2) is 18.2 Å². The van der Waals surface area contributed by atoms with Gasteiger partial charge in [-0.15, -0.1) is 0 Å². The molecule has 2 atom stereocenters. The van der Waals surface area contributed by atoms with Gasteiger partial charge in [-0.05, 0) is 68.8 Å². The number of ketones is 1. The van der Waals surface area contributed by atoms with Crippen molar-refractivity contribution in [1.82, 2.24) is 4.90 Å². The predicted molar refractivity (Wildman–Crippen MR) is 112 cm³/mol. The summed E-state index contributed by atoms with van der Waals surface area (Å²) in [5, 5.41) is 0. The number of Topliss-reactive ketones (excluding diaryl/α,β-unsaturated/α-hetero) is 1. The average Bonchev–Trinajstić information content (AvgIpc) is 3.38. The topological polar surface area (TPSA) is 23.6 Å². The van der Waals surface area contributed by atoms with Crippen LogP contribution >= 0.6 is 0 Å². The van der Waals surface area contributed by atoms with E-state index < -0.39 is 0 Å². The molecule has 0 radical (unpaired) electrons. The maximum absolute atomic E-state index is 12.5. The summed E-state index contributed by atoms with van der Waals surface area (Å²) >= 11 is 0. The van der Waals surface area contributed by atoms with E-state index in [2.05, 4.69) is 41.8 Å². The predicted octanol–water partition coefficient (Wildman–Crippen LogP) is 4.75. The van der Waals surface area contributed by atoms with Gasteiger partial charge >= 0.3 is 0 Å². The van der Waals surface area contributed by atoms with Crippen molar-refractivity contribution in [3.63, 3.8) is 0 Å². The molecular formula is C24H36N2O. The smallest absolute Gasteiger partial charge is 0.137 e. The monoisotopic (exact) mass is 368 g/mol. The van der Waals surface area contributed by atoms with E-state index in [1.54, 1.807) is 0 Å². The summed E-state index contributed by atoms with van der Waals surface area (Å²) < 4.78 is 0. The molecule has 0 spiro atoms. The van der Waals surface area contributed by atoms with Gasteiger partial charge in [-0.3, -0.25) is 9.69 Å². The Kier molecular flexibility index (Phi) is 5.87. The number of carbonyl (C=O) groups excluding carboxylic acids is 1. The van der Waals surface area contributed by atoms with Crippen LogP contribution in [0.1, 0.15) is 69.4 Å². The molecular weight excluding hydrogens is 332 g/mol. The van der Waals surface area contributed by atoms with Crippen LogP contribution in [0.3, 0.4) is 0 Å². The molecule has 0 bridgehead atoms. The fourth-order valence-corrected chi connectivity index (χ4v) is 5.64. The first-order chi connectivity index (χ1) is 13.1. The van der Waals surface area contributed by atoms with Crippen molar-refractivity contribution in [2.24, 2.45) is 5.92 Å². The second-order valence-corrected chi connectivity index (χ2v) is 9.30. The van der Waals surface area contributed by atoms with E-state index >= 15 is 0 Å². The molecule has 2 saturated heterocycles. The third-order valence-corrected chi connectivity index (χ3v) is 7.31. The molecule has 1 aromatic carbocycles.